The minimum Gasteiger partial charge on any atom is -0.311 e. The predicted molar refractivity (Wildman–Crippen MR) is 218 cm³/mol. The summed E-state index contributed by atoms with van der Waals surface area (Å²) in [5.41, 5.74) is 13.4. The number of para-hydroxylation sites is 2. The molecule has 0 saturated heterocycles. The molecule has 2 aromatic heterocycles. The molecule has 2 nitrogen and oxygen atoms in total. The lowest BCUT2D eigenvalue weighted by Gasteiger charge is -2.57. The number of fused-ring (bicyclic) bond motifs is 5. The summed E-state index contributed by atoms with van der Waals surface area (Å²) in [6.45, 7) is 0. The van der Waals surface area contributed by atoms with E-state index in [1.807, 2.05) is 12.1 Å². The summed E-state index contributed by atoms with van der Waals surface area (Å²) in [4.78, 5) is 2.26. The second kappa shape index (κ2) is 11.9. The molecule has 4 aliphatic rings. The van der Waals surface area contributed by atoms with Crippen LogP contribution in [0, 0.1) is 23.6 Å². The second-order valence-corrected chi connectivity index (χ2v) is 16.2. The molecule has 0 spiro atoms. The number of hydrogen-bond acceptors (Lipinski definition) is 1. The summed E-state index contributed by atoms with van der Waals surface area (Å²) in [5.74, 6) is 2.51. The average Bonchev–Trinajstić information content (AvgIpc) is 3.54. The molecule has 0 radical (unpaired) electrons. The standard InChI is InChI=1S/C50H41FN2/c51-40-18-24-43(25-19-40)52(42-22-16-39(17-23-42)50-30-33-27-34(31-50)29-35(28-33)32-50)41-20-13-36(14-21-41)44-11-6-9-38-15-26-47-48(37-7-2-1-3-8-37)45-10-4-5-12-46(45)53(47)49(38)44/h1-26,33-35H,27-32H2. The van der Waals surface area contributed by atoms with Crippen molar-refractivity contribution in [2.75, 3.05) is 4.90 Å². The summed E-state index contributed by atoms with van der Waals surface area (Å²) in [5, 5.41) is 2.45. The van der Waals surface area contributed by atoms with Crippen molar-refractivity contribution in [2.45, 2.75) is 43.9 Å². The van der Waals surface area contributed by atoms with Crippen molar-refractivity contribution in [3.05, 3.63) is 169 Å². The zero-order valence-electron chi connectivity index (χ0n) is 29.8. The molecule has 8 aromatic rings. The SMILES string of the molecule is Fc1ccc(N(c2ccc(-c3cccc4ccc5c(-c6ccccc6)c6ccccc6n5c34)cc2)c2ccc(C34CC5CC(CC(C5)C3)C4)cc2)cc1. The Labute approximate surface area is 310 Å². The van der Waals surface area contributed by atoms with Crippen molar-refractivity contribution in [2.24, 2.45) is 17.8 Å². The van der Waals surface area contributed by atoms with Gasteiger partial charge in [-0.3, -0.25) is 0 Å². The number of pyridine rings is 1. The van der Waals surface area contributed by atoms with E-state index in [-0.39, 0.29) is 5.82 Å². The number of hydrogen-bond donors (Lipinski definition) is 0. The molecule has 0 unspecified atom stereocenters. The van der Waals surface area contributed by atoms with Gasteiger partial charge in [-0.1, -0.05) is 97.1 Å². The van der Waals surface area contributed by atoms with E-state index >= 15 is 0 Å². The highest BCUT2D eigenvalue weighted by atomic mass is 19.1. The van der Waals surface area contributed by atoms with Crippen molar-refractivity contribution in [1.82, 2.24) is 4.40 Å². The minimum absolute atomic E-state index is 0.226. The molecule has 0 N–H and O–H groups in total. The summed E-state index contributed by atoms with van der Waals surface area (Å²) in [6, 6.07) is 55.9. The number of aromatic nitrogens is 1. The number of rotatable bonds is 6. The van der Waals surface area contributed by atoms with Gasteiger partial charge < -0.3 is 9.30 Å². The van der Waals surface area contributed by atoms with Crippen LogP contribution in [0.15, 0.2) is 158 Å². The topological polar surface area (TPSA) is 7.65 Å². The van der Waals surface area contributed by atoms with Gasteiger partial charge in [0.15, 0.2) is 0 Å². The lowest BCUT2D eigenvalue weighted by atomic mass is 9.48. The molecule has 2 heterocycles. The van der Waals surface area contributed by atoms with Gasteiger partial charge in [0.25, 0.3) is 0 Å². The highest BCUT2D eigenvalue weighted by molar-refractivity contribution is 6.10. The molecule has 4 bridgehead atoms. The largest absolute Gasteiger partial charge is 0.311 e. The van der Waals surface area contributed by atoms with E-state index in [9.17, 15) is 4.39 Å². The number of nitrogens with zero attached hydrogens (tertiary/aromatic N) is 2. The van der Waals surface area contributed by atoms with Crippen molar-refractivity contribution in [3.8, 4) is 22.3 Å². The number of benzene rings is 6. The quantitative estimate of drug-likeness (QED) is 0.169. The Morgan fingerprint density at radius 1 is 0.509 bits per heavy atom. The first-order valence-electron chi connectivity index (χ1n) is 19.4. The van der Waals surface area contributed by atoms with Crippen LogP contribution >= 0.6 is 0 Å². The molecule has 258 valence electrons. The Morgan fingerprint density at radius 2 is 1.11 bits per heavy atom. The van der Waals surface area contributed by atoms with Crippen LogP contribution in [-0.2, 0) is 5.41 Å². The minimum atomic E-state index is -0.226. The summed E-state index contributed by atoms with van der Waals surface area (Å²) < 4.78 is 16.7. The van der Waals surface area contributed by atoms with Crippen LogP contribution in [0.5, 0.6) is 0 Å². The van der Waals surface area contributed by atoms with Gasteiger partial charge in [-0.05, 0) is 144 Å². The molecule has 53 heavy (non-hydrogen) atoms. The smallest absolute Gasteiger partial charge is 0.123 e. The van der Waals surface area contributed by atoms with Crippen molar-refractivity contribution >= 4 is 44.4 Å². The summed E-state index contributed by atoms with van der Waals surface area (Å²) in [6.07, 6.45) is 8.42. The molecule has 4 saturated carbocycles. The summed E-state index contributed by atoms with van der Waals surface area (Å²) in [7, 11) is 0. The lowest BCUT2D eigenvalue weighted by Crippen LogP contribution is -2.48. The van der Waals surface area contributed by atoms with Gasteiger partial charge in [-0.15, -0.1) is 0 Å². The Bertz CT molecular complexity index is 2600. The van der Waals surface area contributed by atoms with Crippen LogP contribution in [0.2, 0.25) is 0 Å². The third-order valence-corrected chi connectivity index (χ3v) is 13.0. The molecular formula is C50H41FN2. The van der Waals surface area contributed by atoms with Crippen molar-refractivity contribution in [3.63, 3.8) is 0 Å². The molecule has 12 rings (SSSR count). The number of halogens is 1. The molecule has 0 atom stereocenters. The van der Waals surface area contributed by atoms with Crippen molar-refractivity contribution < 1.29 is 4.39 Å². The van der Waals surface area contributed by atoms with Gasteiger partial charge in [0, 0.05) is 33.6 Å². The van der Waals surface area contributed by atoms with Crippen molar-refractivity contribution in [1.29, 1.82) is 0 Å². The van der Waals surface area contributed by atoms with E-state index in [1.54, 1.807) is 12.1 Å². The monoisotopic (exact) mass is 688 g/mol. The molecule has 4 aliphatic carbocycles. The average molecular weight is 689 g/mol. The van der Waals surface area contributed by atoms with Crippen LogP contribution in [-0.4, -0.2) is 4.40 Å². The molecular weight excluding hydrogens is 648 g/mol. The van der Waals surface area contributed by atoms with Crippen LogP contribution < -0.4 is 4.90 Å². The zero-order chi connectivity index (χ0) is 35.1. The van der Waals surface area contributed by atoms with Gasteiger partial charge in [-0.2, -0.15) is 0 Å². The molecule has 3 heteroatoms. The fourth-order valence-corrected chi connectivity index (χ4v) is 11.2. The maximum Gasteiger partial charge on any atom is 0.123 e. The fraction of sp³-hybridized carbons (Fsp3) is 0.200. The maximum absolute atomic E-state index is 14.2. The Morgan fingerprint density at radius 3 is 1.79 bits per heavy atom. The first-order valence-corrected chi connectivity index (χ1v) is 19.4. The van der Waals surface area contributed by atoms with Gasteiger partial charge in [-0.25, -0.2) is 4.39 Å². The van der Waals surface area contributed by atoms with Gasteiger partial charge >= 0.3 is 0 Å². The highest BCUT2D eigenvalue weighted by Gasteiger charge is 2.51. The van der Waals surface area contributed by atoms with Crippen LogP contribution in [0.1, 0.15) is 44.1 Å². The third-order valence-electron chi connectivity index (χ3n) is 13.0. The van der Waals surface area contributed by atoms with Gasteiger partial charge in [0.05, 0.1) is 16.6 Å². The van der Waals surface area contributed by atoms with Gasteiger partial charge in [0.1, 0.15) is 5.82 Å². The summed E-state index contributed by atoms with van der Waals surface area (Å²) >= 11 is 0. The van der Waals surface area contributed by atoms with E-state index in [1.165, 1.54) is 88.1 Å². The third kappa shape index (κ3) is 4.97. The fourth-order valence-electron chi connectivity index (χ4n) is 11.2. The van der Waals surface area contributed by atoms with Crippen LogP contribution in [0.25, 0.3) is 49.6 Å². The van der Waals surface area contributed by atoms with E-state index in [0.29, 0.717) is 5.41 Å². The first kappa shape index (κ1) is 30.9. The van der Waals surface area contributed by atoms with E-state index < -0.39 is 0 Å². The molecule has 4 fully saturated rings. The van der Waals surface area contributed by atoms with E-state index in [0.717, 1.165) is 40.4 Å². The first-order chi connectivity index (χ1) is 26.1. The number of anilines is 3. The lowest BCUT2D eigenvalue weighted by molar-refractivity contribution is -0.00518. The Hall–Kier alpha value is -5.67. The van der Waals surface area contributed by atoms with Crippen LogP contribution in [0.4, 0.5) is 21.5 Å². The molecule has 6 aromatic carbocycles. The molecule has 0 amide bonds. The normalized spacial score (nSPS) is 21.9. The molecule has 0 aliphatic heterocycles. The Kier molecular flexibility index (Phi) is 6.96. The van der Waals surface area contributed by atoms with E-state index in [4.69, 9.17) is 0 Å². The van der Waals surface area contributed by atoms with Crippen LogP contribution in [0.3, 0.4) is 0 Å². The Balaban J connectivity index is 1.01. The highest BCUT2D eigenvalue weighted by Crippen LogP contribution is 2.61. The predicted octanol–water partition coefficient (Wildman–Crippen LogP) is 13.7. The van der Waals surface area contributed by atoms with E-state index in [2.05, 4.69) is 143 Å². The maximum atomic E-state index is 14.2. The second-order valence-electron chi connectivity index (χ2n) is 16.2. The van der Waals surface area contributed by atoms with Gasteiger partial charge in [0.2, 0.25) is 0 Å². The zero-order valence-corrected chi connectivity index (χ0v) is 29.8.